The number of benzene rings is 1. The van der Waals surface area contributed by atoms with Gasteiger partial charge in [-0.2, -0.15) is 0 Å². The highest BCUT2D eigenvalue weighted by Gasteiger charge is 2.30. The smallest absolute Gasteiger partial charge is 0.321 e. The van der Waals surface area contributed by atoms with Crippen molar-refractivity contribution in [3.63, 3.8) is 0 Å². The van der Waals surface area contributed by atoms with Crippen molar-refractivity contribution in [3.8, 4) is 12.3 Å². The minimum Gasteiger partial charge on any atom is -0.335 e. The molecule has 7 heteroatoms. The van der Waals surface area contributed by atoms with Crippen molar-refractivity contribution in [3.05, 3.63) is 45.9 Å². The van der Waals surface area contributed by atoms with E-state index < -0.39 is 5.41 Å². The first-order valence-corrected chi connectivity index (χ1v) is 10.7. The standard InChI is InChI=1S/C21H25ClN4OS/c1-4-21(3,16-5-7-17(22)8-6-16)18-13-28-20(25-18)26-19(27)24-14(2)15-9-11-23-12-10-15/h1,5-8,13-15,23H,9-12H2,2-3H3,(H2,24,25,26,27). The number of rotatable bonds is 5. The van der Waals surface area contributed by atoms with Crippen LogP contribution in [0.1, 0.15) is 37.9 Å². The van der Waals surface area contributed by atoms with Crippen LogP contribution in [0.4, 0.5) is 9.93 Å². The van der Waals surface area contributed by atoms with Crippen LogP contribution in [0.25, 0.3) is 0 Å². The topological polar surface area (TPSA) is 66.1 Å². The van der Waals surface area contributed by atoms with Crippen LogP contribution in [0.5, 0.6) is 0 Å². The molecule has 2 unspecified atom stereocenters. The predicted octanol–water partition coefficient (Wildman–Crippen LogP) is 4.25. The average Bonchev–Trinajstić information content (AvgIpc) is 3.17. The summed E-state index contributed by atoms with van der Waals surface area (Å²) in [5.41, 5.74) is 0.962. The number of halogens is 1. The number of urea groups is 1. The Bertz CT molecular complexity index is 854. The van der Waals surface area contributed by atoms with Crippen LogP contribution in [0.2, 0.25) is 5.02 Å². The Morgan fingerprint density at radius 3 is 2.71 bits per heavy atom. The number of carbonyl (C=O) groups is 1. The third-order valence-corrected chi connectivity index (χ3v) is 6.41. The number of amides is 2. The largest absolute Gasteiger partial charge is 0.335 e. The summed E-state index contributed by atoms with van der Waals surface area (Å²) in [4.78, 5) is 16.9. The van der Waals surface area contributed by atoms with Crippen LogP contribution in [-0.4, -0.2) is 30.1 Å². The predicted molar refractivity (Wildman–Crippen MR) is 116 cm³/mol. The van der Waals surface area contributed by atoms with Gasteiger partial charge in [0, 0.05) is 16.4 Å². The van der Waals surface area contributed by atoms with Crippen LogP contribution in [-0.2, 0) is 5.41 Å². The average molecular weight is 417 g/mol. The van der Waals surface area contributed by atoms with Gasteiger partial charge in [0.2, 0.25) is 0 Å². The summed E-state index contributed by atoms with van der Waals surface area (Å²) in [5, 5.41) is 12.3. The third kappa shape index (κ3) is 4.67. The van der Waals surface area contributed by atoms with Crippen molar-refractivity contribution in [1.82, 2.24) is 15.6 Å². The molecule has 0 radical (unpaired) electrons. The fourth-order valence-corrected chi connectivity index (χ4v) is 4.39. The van der Waals surface area contributed by atoms with Gasteiger partial charge in [-0.05, 0) is 63.4 Å². The Labute approximate surface area is 175 Å². The summed E-state index contributed by atoms with van der Waals surface area (Å²) in [6, 6.07) is 7.32. The van der Waals surface area contributed by atoms with Gasteiger partial charge in [0.15, 0.2) is 5.13 Å². The zero-order chi connectivity index (χ0) is 20.1. The van der Waals surface area contributed by atoms with Crippen LogP contribution in [0.3, 0.4) is 0 Å². The quantitative estimate of drug-likeness (QED) is 0.638. The van der Waals surface area contributed by atoms with Crippen LogP contribution < -0.4 is 16.0 Å². The van der Waals surface area contributed by atoms with Crippen LogP contribution >= 0.6 is 22.9 Å². The highest BCUT2D eigenvalue weighted by atomic mass is 35.5. The summed E-state index contributed by atoms with van der Waals surface area (Å²) in [7, 11) is 0. The zero-order valence-corrected chi connectivity index (χ0v) is 17.7. The minimum absolute atomic E-state index is 0.117. The van der Waals surface area contributed by atoms with E-state index in [0.717, 1.165) is 37.2 Å². The Balaban J connectivity index is 1.66. The Kier molecular flexibility index (Phi) is 6.61. The fourth-order valence-electron chi connectivity index (χ4n) is 3.45. The number of nitrogens with zero attached hydrogens (tertiary/aromatic N) is 1. The highest BCUT2D eigenvalue weighted by molar-refractivity contribution is 7.14. The van der Waals surface area contributed by atoms with E-state index in [2.05, 4.69) is 33.8 Å². The normalized spacial score (nSPS) is 17.9. The molecule has 1 fully saturated rings. The SMILES string of the molecule is C#CC(C)(c1ccc(Cl)cc1)c1csc(NC(=O)NC(C)C2CCNCC2)n1. The first kappa shape index (κ1) is 20.7. The van der Waals surface area contributed by atoms with Gasteiger partial charge < -0.3 is 10.6 Å². The molecule has 2 atom stereocenters. The number of anilines is 1. The number of terminal acetylenes is 1. The number of nitrogens with one attached hydrogen (secondary N) is 3. The van der Waals surface area contributed by atoms with E-state index in [9.17, 15) is 4.79 Å². The summed E-state index contributed by atoms with van der Waals surface area (Å²) in [6.45, 7) is 6.00. The lowest BCUT2D eigenvalue weighted by Gasteiger charge is -2.28. The molecule has 1 aromatic carbocycles. The number of aromatic nitrogens is 1. The first-order valence-electron chi connectivity index (χ1n) is 9.40. The summed E-state index contributed by atoms with van der Waals surface area (Å²) in [6.07, 6.45) is 7.99. The second-order valence-electron chi connectivity index (χ2n) is 7.29. The molecule has 148 valence electrons. The maximum Gasteiger partial charge on any atom is 0.321 e. The minimum atomic E-state index is -0.695. The Hall–Kier alpha value is -2.07. The second-order valence-corrected chi connectivity index (χ2v) is 8.58. The van der Waals surface area contributed by atoms with Gasteiger partial charge >= 0.3 is 6.03 Å². The van der Waals surface area contributed by atoms with Crippen molar-refractivity contribution < 1.29 is 4.79 Å². The van der Waals surface area contributed by atoms with E-state index in [1.165, 1.54) is 11.3 Å². The molecule has 1 aliphatic rings. The maximum absolute atomic E-state index is 12.4. The second kappa shape index (κ2) is 8.95. The molecule has 1 aromatic heterocycles. The lowest BCUT2D eigenvalue weighted by Crippen LogP contribution is -2.44. The molecule has 3 rings (SSSR count). The molecule has 0 spiro atoms. The van der Waals surface area contributed by atoms with Crippen molar-refractivity contribution in [2.75, 3.05) is 18.4 Å². The van der Waals surface area contributed by atoms with Gasteiger partial charge in [0.1, 0.15) is 0 Å². The summed E-state index contributed by atoms with van der Waals surface area (Å²) >= 11 is 7.35. The number of hydrogen-bond donors (Lipinski definition) is 3. The summed E-state index contributed by atoms with van der Waals surface area (Å²) < 4.78 is 0. The van der Waals surface area contributed by atoms with E-state index in [1.54, 1.807) is 0 Å². The molecule has 2 heterocycles. The molecule has 0 aliphatic carbocycles. The molecule has 2 amide bonds. The number of piperidine rings is 1. The van der Waals surface area contributed by atoms with Crippen molar-refractivity contribution in [2.45, 2.75) is 38.1 Å². The lowest BCUT2D eigenvalue weighted by atomic mass is 9.81. The molecule has 28 heavy (non-hydrogen) atoms. The molecular formula is C21H25ClN4OS. The molecular weight excluding hydrogens is 392 g/mol. The number of carbonyl (C=O) groups excluding carboxylic acids is 1. The molecule has 0 bridgehead atoms. The van der Waals surface area contributed by atoms with Gasteiger partial charge in [-0.25, -0.2) is 9.78 Å². The van der Waals surface area contributed by atoms with E-state index in [4.69, 9.17) is 18.0 Å². The molecule has 1 aliphatic heterocycles. The van der Waals surface area contributed by atoms with E-state index in [0.29, 0.717) is 16.1 Å². The van der Waals surface area contributed by atoms with Gasteiger partial charge in [-0.3, -0.25) is 5.32 Å². The Morgan fingerprint density at radius 2 is 2.07 bits per heavy atom. The molecule has 3 N–H and O–H groups in total. The monoisotopic (exact) mass is 416 g/mol. The van der Waals surface area contributed by atoms with E-state index >= 15 is 0 Å². The van der Waals surface area contributed by atoms with Gasteiger partial charge in [0.05, 0.1) is 11.1 Å². The van der Waals surface area contributed by atoms with Crippen molar-refractivity contribution >= 4 is 34.1 Å². The van der Waals surface area contributed by atoms with Gasteiger partial charge in [-0.15, -0.1) is 17.8 Å². The summed E-state index contributed by atoms with van der Waals surface area (Å²) in [5.74, 6) is 3.33. The first-order chi connectivity index (χ1) is 13.4. The van der Waals surface area contributed by atoms with Gasteiger partial charge in [0.25, 0.3) is 0 Å². The zero-order valence-electron chi connectivity index (χ0n) is 16.1. The van der Waals surface area contributed by atoms with Crippen LogP contribution in [0.15, 0.2) is 29.6 Å². The number of thiazole rings is 1. The number of hydrogen-bond acceptors (Lipinski definition) is 4. The fraction of sp³-hybridized carbons (Fsp3) is 0.429. The third-order valence-electron chi connectivity index (χ3n) is 5.40. The molecule has 0 saturated carbocycles. The van der Waals surface area contributed by atoms with Gasteiger partial charge in [-0.1, -0.05) is 29.7 Å². The molecule has 2 aromatic rings. The highest BCUT2D eigenvalue weighted by Crippen LogP contribution is 2.34. The van der Waals surface area contributed by atoms with Crippen LogP contribution in [0, 0.1) is 18.3 Å². The molecule has 5 nitrogen and oxygen atoms in total. The Morgan fingerprint density at radius 1 is 1.39 bits per heavy atom. The maximum atomic E-state index is 12.4. The van der Waals surface area contributed by atoms with Crippen molar-refractivity contribution in [2.24, 2.45) is 5.92 Å². The van der Waals surface area contributed by atoms with Crippen molar-refractivity contribution in [1.29, 1.82) is 0 Å². The van der Waals surface area contributed by atoms with E-state index in [1.807, 2.05) is 36.6 Å². The lowest BCUT2D eigenvalue weighted by molar-refractivity contribution is 0.237. The molecule has 1 saturated heterocycles. The van der Waals surface area contributed by atoms with E-state index in [-0.39, 0.29) is 12.1 Å².